The Morgan fingerprint density at radius 3 is 3.00 bits per heavy atom. The van der Waals surface area contributed by atoms with Gasteiger partial charge in [-0.1, -0.05) is 6.07 Å². The molecule has 4 nitrogen and oxygen atoms in total. The summed E-state index contributed by atoms with van der Waals surface area (Å²) in [6.45, 7) is 0. The Balaban J connectivity index is 2.39. The van der Waals surface area contributed by atoms with Crippen molar-refractivity contribution >= 4 is 17.6 Å². The maximum absolute atomic E-state index is 10.5. The zero-order valence-electron chi connectivity index (χ0n) is 8.01. The third-order valence-corrected chi connectivity index (χ3v) is 2.74. The van der Waals surface area contributed by atoms with Crippen LogP contribution in [0.3, 0.4) is 0 Å². The largest absolute Gasteiger partial charge is 0.481 e. The molecule has 0 aliphatic rings. The van der Waals surface area contributed by atoms with Crippen molar-refractivity contribution in [2.45, 2.75) is 0 Å². The lowest BCUT2D eigenvalue weighted by atomic mass is 10.3. The monoisotopic (exact) mass is 220 g/mol. The second kappa shape index (κ2) is 4.18. The second-order valence-electron chi connectivity index (χ2n) is 2.75. The normalized spacial score (nSPS) is 9.93. The highest BCUT2D eigenvalue weighted by Gasteiger charge is 2.06. The minimum absolute atomic E-state index is 0.537. The van der Waals surface area contributed by atoms with Crippen LogP contribution in [-0.2, 0) is 0 Å². The molecule has 76 valence electrons. The van der Waals surface area contributed by atoms with Crippen LogP contribution in [0.1, 0.15) is 9.67 Å². The summed E-state index contributed by atoms with van der Waals surface area (Å²) in [6.07, 6.45) is 2.31. The van der Waals surface area contributed by atoms with Gasteiger partial charge in [-0.2, -0.15) is 0 Å². The number of nitrogens with zero attached hydrogens (tertiary/aromatic N) is 2. The van der Waals surface area contributed by atoms with E-state index in [-0.39, 0.29) is 0 Å². The molecule has 2 aromatic rings. The zero-order valence-corrected chi connectivity index (χ0v) is 8.82. The molecule has 0 N–H and O–H groups in total. The fraction of sp³-hybridized carbons (Fsp3) is 0.100. The molecule has 0 spiro atoms. The quantitative estimate of drug-likeness (QED) is 0.742. The van der Waals surface area contributed by atoms with Crippen LogP contribution in [0.5, 0.6) is 5.88 Å². The number of aldehydes is 1. The highest BCUT2D eigenvalue weighted by atomic mass is 32.1. The van der Waals surface area contributed by atoms with Crippen molar-refractivity contribution in [3.8, 4) is 16.6 Å². The first-order valence-electron chi connectivity index (χ1n) is 4.26. The van der Waals surface area contributed by atoms with Crippen LogP contribution in [0.25, 0.3) is 10.7 Å². The molecular weight excluding hydrogens is 212 g/mol. The van der Waals surface area contributed by atoms with E-state index < -0.39 is 0 Å². The molecule has 2 aromatic heterocycles. The van der Waals surface area contributed by atoms with Crippen molar-refractivity contribution in [1.82, 2.24) is 9.97 Å². The van der Waals surface area contributed by atoms with Gasteiger partial charge in [0.1, 0.15) is 10.7 Å². The van der Waals surface area contributed by atoms with E-state index in [4.69, 9.17) is 4.74 Å². The number of ether oxygens (including phenoxy) is 1. The number of carbonyl (C=O) groups is 1. The van der Waals surface area contributed by atoms with Crippen molar-refractivity contribution in [3.05, 3.63) is 29.3 Å². The predicted octanol–water partition coefficient (Wildman–Crippen LogP) is 2.03. The van der Waals surface area contributed by atoms with Gasteiger partial charge in [-0.05, 0) is 6.07 Å². The molecule has 0 atom stereocenters. The Hall–Kier alpha value is -1.75. The molecule has 2 rings (SSSR count). The molecule has 0 aromatic carbocycles. The van der Waals surface area contributed by atoms with Gasteiger partial charge in [0.15, 0.2) is 6.29 Å². The highest BCUT2D eigenvalue weighted by Crippen LogP contribution is 2.23. The number of pyridine rings is 1. The minimum atomic E-state index is 0.537. The van der Waals surface area contributed by atoms with Gasteiger partial charge in [0.05, 0.1) is 12.0 Å². The zero-order chi connectivity index (χ0) is 10.7. The van der Waals surface area contributed by atoms with Crippen molar-refractivity contribution < 1.29 is 9.53 Å². The van der Waals surface area contributed by atoms with E-state index in [1.165, 1.54) is 17.5 Å². The van der Waals surface area contributed by atoms with Gasteiger partial charge in [-0.3, -0.25) is 4.79 Å². The summed E-state index contributed by atoms with van der Waals surface area (Å²) in [4.78, 5) is 19.4. The molecule has 0 fully saturated rings. The van der Waals surface area contributed by atoms with Crippen LogP contribution in [0.15, 0.2) is 24.4 Å². The van der Waals surface area contributed by atoms with Crippen molar-refractivity contribution in [3.63, 3.8) is 0 Å². The van der Waals surface area contributed by atoms with E-state index in [0.29, 0.717) is 16.5 Å². The van der Waals surface area contributed by atoms with Crippen molar-refractivity contribution in [1.29, 1.82) is 0 Å². The smallest absolute Gasteiger partial charge is 0.213 e. The van der Waals surface area contributed by atoms with Crippen LogP contribution in [0.4, 0.5) is 0 Å². The van der Waals surface area contributed by atoms with Gasteiger partial charge in [0.25, 0.3) is 0 Å². The van der Waals surface area contributed by atoms with E-state index in [0.717, 1.165) is 11.3 Å². The van der Waals surface area contributed by atoms with Gasteiger partial charge in [-0.25, -0.2) is 9.97 Å². The maximum atomic E-state index is 10.5. The predicted molar refractivity (Wildman–Crippen MR) is 57.3 cm³/mol. The number of aromatic nitrogens is 2. The first kappa shape index (κ1) is 9.79. The Morgan fingerprint density at radius 1 is 1.47 bits per heavy atom. The SMILES string of the molecule is COc1cccc(-c2ncc(C=O)s2)n1. The van der Waals surface area contributed by atoms with E-state index in [9.17, 15) is 4.79 Å². The van der Waals surface area contributed by atoms with Crippen LogP contribution in [0, 0.1) is 0 Å². The fourth-order valence-corrected chi connectivity index (χ4v) is 1.81. The van der Waals surface area contributed by atoms with Gasteiger partial charge >= 0.3 is 0 Å². The molecule has 0 aliphatic heterocycles. The molecule has 0 aliphatic carbocycles. The Labute approximate surface area is 90.6 Å². The summed E-state index contributed by atoms with van der Waals surface area (Å²) in [5.41, 5.74) is 0.715. The number of hydrogen-bond acceptors (Lipinski definition) is 5. The molecule has 15 heavy (non-hydrogen) atoms. The van der Waals surface area contributed by atoms with Crippen LogP contribution < -0.4 is 4.74 Å². The lowest BCUT2D eigenvalue weighted by molar-refractivity contribution is 0.112. The highest BCUT2D eigenvalue weighted by molar-refractivity contribution is 7.16. The first-order valence-corrected chi connectivity index (χ1v) is 5.07. The van der Waals surface area contributed by atoms with Gasteiger partial charge in [-0.15, -0.1) is 11.3 Å². The van der Waals surface area contributed by atoms with Crippen LogP contribution >= 0.6 is 11.3 Å². The minimum Gasteiger partial charge on any atom is -0.481 e. The summed E-state index contributed by atoms with van der Waals surface area (Å²) in [5, 5.41) is 0.719. The number of thiazole rings is 1. The molecule has 2 heterocycles. The molecule has 0 unspecified atom stereocenters. The summed E-state index contributed by atoms with van der Waals surface area (Å²) >= 11 is 1.31. The number of hydrogen-bond donors (Lipinski definition) is 0. The van der Waals surface area contributed by atoms with Gasteiger partial charge in [0.2, 0.25) is 5.88 Å². The number of methoxy groups -OCH3 is 1. The van der Waals surface area contributed by atoms with E-state index >= 15 is 0 Å². The Morgan fingerprint density at radius 2 is 2.33 bits per heavy atom. The maximum Gasteiger partial charge on any atom is 0.213 e. The summed E-state index contributed by atoms with van der Waals surface area (Å²) in [5.74, 6) is 0.537. The Kier molecular flexibility index (Phi) is 2.73. The fourth-order valence-electron chi connectivity index (χ4n) is 1.11. The standard InChI is InChI=1S/C10H8N2O2S/c1-14-9-4-2-3-8(12-9)10-11-5-7(6-13)15-10/h2-6H,1H3. The summed E-state index contributed by atoms with van der Waals surface area (Å²) in [6, 6.07) is 5.43. The second-order valence-corrected chi connectivity index (χ2v) is 3.81. The average molecular weight is 220 g/mol. The molecule has 5 heteroatoms. The third-order valence-electron chi connectivity index (χ3n) is 1.79. The van der Waals surface area contributed by atoms with Crippen LogP contribution in [-0.4, -0.2) is 23.4 Å². The van der Waals surface area contributed by atoms with Gasteiger partial charge < -0.3 is 4.74 Å². The van der Waals surface area contributed by atoms with E-state index in [1.54, 1.807) is 13.2 Å². The van der Waals surface area contributed by atoms with E-state index in [2.05, 4.69) is 9.97 Å². The molecule has 0 amide bonds. The van der Waals surface area contributed by atoms with Gasteiger partial charge in [0, 0.05) is 12.3 Å². The number of rotatable bonds is 3. The molecule has 0 saturated heterocycles. The molecule has 0 saturated carbocycles. The average Bonchev–Trinajstić information content (AvgIpc) is 2.78. The summed E-state index contributed by atoms with van der Waals surface area (Å²) in [7, 11) is 1.56. The summed E-state index contributed by atoms with van der Waals surface area (Å²) < 4.78 is 5.01. The number of carbonyl (C=O) groups excluding carboxylic acids is 1. The lowest BCUT2D eigenvalue weighted by Gasteiger charge is -1.99. The van der Waals surface area contributed by atoms with E-state index in [1.807, 2.05) is 12.1 Å². The molecular formula is C10H8N2O2S. The third kappa shape index (κ3) is 2.02. The molecule has 0 radical (unpaired) electrons. The van der Waals surface area contributed by atoms with Crippen molar-refractivity contribution in [2.24, 2.45) is 0 Å². The lowest BCUT2D eigenvalue weighted by Crippen LogP contribution is -1.88. The first-order chi connectivity index (χ1) is 7.33. The van der Waals surface area contributed by atoms with Crippen LogP contribution in [0.2, 0.25) is 0 Å². The molecule has 0 bridgehead atoms. The Bertz CT molecular complexity index is 482. The topological polar surface area (TPSA) is 52.1 Å². The van der Waals surface area contributed by atoms with Crippen molar-refractivity contribution in [2.75, 3.05) is 7.11 Å².